The first-order valence-electron chi connectivity index (χ1n) is 10.1. The maximum Gasteiger partial charge on any atom is 0.235 e. The lowest BCUT2D eigenvalue weighted by molar-refractivity contribution is -0.123. The van der Waals surface area contributed by atoms with E-state index in [4.69, 9.17) is 4.74 Å². The Bertz CT molecular complexity index is 1270. The van der Waals surface area contributed by atoms with Crippen LogP contribution in [0.2, 0.25) is 0 Å². The molecular formula is C20H28N4O7S3. The zero-order valence-electron chi connectivity index (χ0n) is 19.5. The molecule has 0 atom stereocenters. The molecule has 0 aliphatic rings. The molecule has 0 saturated heterocycles. The minimum Gasteiger partial charge on any atom is -0.491 e. The molecule has 0 saturated carbocycles. The van der Waals surface area contributed by atoms with Crippen LogP contribution < -0.4 is 20.1 Å². The third-order valence-corrected chi connectivity index (χ3v) is 7.59. The Morgan fingerprint density at radius 1 is 1.09 bits per heavy atom. The number of thiazole rings is 1. The maximum atomic E-state index is 12.4. The molecule has 188 valence electrons. The average molecular weight is 533 g/mol. The van der Waals surface area contributed by atoms with Crippen molar-refractivity contribution in [2.75, 3.05) is 29.8 Å². The number of sulfone groups is 1. The fourth-order valence-electron chi connectivity index (χ4n) is 2.60. The van der Waals surface area contributed by atoms with Crippen molar-refractivity contribution in [2.45, 2.75) is 37.9 Å². The van der Waals surface area contributed by atoms with Crippen molar-refractivity contribution < 1.29 is 31.2 Å². The van der Waals surface area contributed by atoms with Gasteiger partial charge in [-0.25, -0.2) is 26.5 Å². The minimum atomic E-state index is -3.72. The number of aryl methyl sites for hydroxylation is 1. The van der Waals surface area contributed by atoms with Crippen LogP contribution in [0.4, 0.5) is 10.8 Å². The molecule has 2 rings (SSSR count). The largest absolute Gasteiger partial charge is 0.491 e. The highest BCUT2D eigenvalue weighted by Gasteiger charge is 2.22. The average Bonchev–Trinajstić information content (AvgIpc) is 3.09. The lowest BCUT2D eigenvalue weighted by atomic mass is 10.2. The molecule has 1 aromatic heterocycles. The Hall–Kier alpha value is -2.55. The van der Waals surface area contributed by atoms with Crippen molar-refractivity contribution in [2.24, 2.45) is 5.92 Å². The minimum absolute atomic E-state index is 0.0516. The predicted octanol–water partition coefficient (Wildman–Crippen LogP) is 1.91. The van der Waals surface area contributed by atoms with Gasteiger partial charge in [-0.1, -0.05) is 31.3 Å². The highest BCUT2D eigenvalue weighted by atomic mass is 32.2. The normalized spacial score (nSPS) is 11.9. The van der Waals surface area contributed by atoms with Gasteiger partial charge in [-0.2, -0.15) is 0 Å². The van der Waals surface area contributed by atoms with E-state index in [0.717, 1.165) is 18.1 Å². The Labute approximate surface area is 203 Å². The van der Waals surface area contributed by atoms with Gasteiger partial charge in [0, 0.05) is 6.26 Å². The molecular weight excluding hydrogens is 504 g/mol. The molecule has 3 N–H and O–H groups in total. The summed E-state index contributed by atoms with van der Waals surface area (Å²) >= 11 is 0.672. The SMILES string of the molecule is Cc1ccc(NC(=O)CC(=O)Nc2nc(CNS(C)(=O)=O)c(S(C)(=O)=O)s2)c(OCC(C)C)c1. The number of sulfonamides is 1. The highest BCUT2D eigenvalue weighted by Crippen LogP contribution is 2.29. The molecule has 1 aromatic carbocycles. The van der Waals surface area contributed by atoms with E-state index in [2.05, 4.69) is 20.3 Å². The van der Waals surface area contributed by atoms with Crippen LogP contribution in [0.25, 0.3) is 0 Å². The molecule has 34 heavy (non-hydrogen) atoms. The summed E-state index contributed by atoms with van der Waals surface area (Å²) in [6, 6.07) is 5.26. The highest BCUT2D eigenvalue weighted by molar-refractivity contribution is 7.93. The number of rotatable bonds is 11. The molecule has 0 spiro atoms. The number of hydrogen-bond acceptors (Lipinski definition) is 9. The van der Waals surface area contributed by atoms with Crippen molar-refractivity contribution in [3.63, 3.8) is 0 Å². The number of carbonyl (C=O) groups is 2. The van der Waals surface area contributed by atoms with Gasteiger partial charge in [0.25, 0.3) is 0 Å². The second-order valence-corrected chi connectivity index (χ2v) is 13.1. The number of nitrogens with zero attached hydrogens (tertiary/aromatic N) is 1. The van der Waals surface area contributed by atoms with Crippen molar-refractivity contribution in [3.05, 3.63) is 29.5 Å². The number of hydrogen-bond donors (Lipinski definition) is 3. The zero-order chi connectivity index (χ0) is 25.7. The van der Waals surface area contributed by atoms with Gasteiger partial charge in [0.15, 0.2) is 15.0 Å². The molecule has 0 fully saturated rings. The lowest BCUT2D eigenvalue weighted by Gasteiger charge is -2.14. The molecule has 0 unspecified atom stereocenters. The van der Waals surface area contributed by atoms with Gasteiger partial charge in [0.05, 0.1) is 30.8 Å². The topological polar surface area (TPSA) is 161 Å². The van der Waals surface area contributed by atoms with Gasteiger partial charge in [0.1, 0.15) is 16.4 Å². The summed E-state index contributed by atoms with van der Waals surface area (Å²) in [5, 5.41) is 4.96. The second-order valence-electron chi connectivity index (χ2n) is 8.10. The molecule has 0 aliphatic carbocycles. The van der Waals surface area contributed by atoms with Crippen molar-refractivity contribution >= 4 is 53.8 Å². The van der Waals surface area contributed by atoms with Crippen LogP contribution in [0.15, 0.2) is 22.4 Å². The van der Waals surface area contributed by atoms with E-state index in [1.54, 1.807) is 18.2 Å². The molecule has 0 aliphatic heterocycles. The summed E-state index contributed by atoms with van der Waals surface area (Å²) < 4.78 is 54.4. The number of nitrogens with one attached hydrogen (secondary N) is 3. The number of ether oxygens (including phenoxy) is 1. The van der Waals surface area contributed by atoms with Gasteiger partial charge >= 0.3 is 0 Å². The Morgan fingerprint density at radius 2 is 1.74 bits per heavy atom. The van der Waals surface area contributed by atoms with Crippen molar-refractivity contribution in [1.82, 2.24) is 9.71 Å². The first-order chi connectivity index (χ1) is 15.6. The maximum absolute atomic E-state index is 12.4. The van der Waals surface area contributed by atoms with Gasteiger partial charge in [-0.15, -0.1) is 0 Å². The van der Waals surface area contributed by atoms with E-state index in [1.165, 1.54) is 0 Å². The number of amides is 2. The second kappa shape index (κ2) is 11.3. The number of benzene rings is 1. The smallest absolute Gasteiger partial charge is 0.235 e. The molecule has 2 aromatic rings. The molecule has 1 heterocycles. The zero-order valence-corrected chi connectivity index (χ0v) is 21.9. The number of carbonyl (C=O) groups excluding carboxylic acids is 2. The van der Waals surface area contributed by atoms with Crippen LogP contribution in [-0.2, 0) is 36.0 Å². The van der Waals surface area contributed by atoms with Gasteiger partial charge in [-0.3, -0.25) is 9.59 Å². The lowest BCUT2D eigenvalue weighted by Crippen LogP contribution is -2.23. The van der Waals surface area contributed by atoms with Crippen molar-refractivity contribution in [1.29, 1.82) is 0 Å². The van der Waals surface area contributed by atoms with E-state index in [9.17, 15) is 26.4 Å². The summed E-state index contributed by atoms with van der Waals surface area (Å²) in [4.78, 5) is 28.8. The van der Waals surface area contributed by atoms with Gasteiger partial charge < -0.3 is 15.4 Å². The van der Waals surface area contributed by atoms with E-state index >= 15 is 0 Å². The fraction of sp³-hybridized carbons (Fsp3) is 0.450. The Morgan fingerprint density at radius 3 is 2.32 bits per heavy atom. The van der Waals surface area contributed by atoms with Crippen LogP contribution in [0.3, 0.4) is 0 Å². The summed E-state index contributed by atoms with van der Waals surface area (Å²) in [5.41, 5.74) is 1.32. The summed E-state index contributed by atoms with van der Waals surface area (Å²) in [5.74, 6) is -0.550. The summed E-state index contributed by atoms with van der Waals surface area (Å²) in [6.07, 6.45) is 1.32. The molecule has 2 amide bonds. The molecule has 14 heteroatoms. The van der Waals surface area contributed by atoms with E-state index in [-0.39, 0.29) is 27.5 Å². The first-order valence-corrected chi connectivity index (χ1v) is 14.7. The third-order valence-electron chi connectivity index (χ3n) is 4.05. The van der Waals surface area contributed by atoms with Crippen LogP contribution in [0.5, 0.6) is 5.75 Å². The van der Waals surface area contributed by atoms with Crippen LogP contribution >= 0.6 is 11.3 Å². The summed E-state index contributed by atoms with van der Waals surface area (Å²) in [7, 11) is -7.31. The molecule has 0 radical (unpaired) electrons. The molecule has 0 bridgehead atoms. The number of anilines is 2. The quantitative estimate of drug-likeness (QED) is 0.370. The standard InChI is InChI=1S/C20H28N4O7S3/c1-12(2)11-31-16-8-13(3)6-7-14(16)22-17(25)9-18(26)24-20-23-15(10-21-34(5,29)30)19(32-20)33(4,27)28/h6-8,12,21H,9-11H2,1-5H3,(H,22,25)(H,23,24,26). The third kappa shape index (κ3) is 9.00. The monoisotopic (exact) mass is 532 g/mol. The van der Waals surface area contributed by atoms with Gasteiger partial charge in [0.2, 0.25) is 21.8 Å². The summed E-state index contributed by atoms with van der Waals surface area (Å²) in [6.45, 7) is 5.97. The van der Waals surface area contributed by atoms with E-state index in [1.807, 2.05) is 20.8 Å². The first kappa shape index (κ1) is 27.7. The van der Waals surface area contributed by atoms with Gasteiger partial charge in [-0.05, 0) is 30.5 Å². The van der Waals surface area contributed by atoms with Crippen LogP contribution in [-0.4, -0.2) is 52.8 Å². The Balaban J connectivity index is 2.09. The number of aromatic nitrogens is 1. The van der Waals surface area contributed by atoms with Crippen LogP contribution in [0.1, 0.15) is 31.5 Å². The fourth-order valence-corrected chi connectivity index (χ4v) is 5.12. The van der Waals surface area contributed by atoms with Crippen LogP contribution in [0, 0.1) is 12.8 Å². The predicted molar refractivity (Wildman–Crippen MR) is 130 cm³/mol. The van der Waals surface area contributed by atoms with E-state index in [0.29, 0.717) is 29.4 Å². The van der Waals surface area contributed by atoms with Crippen molar-refractivity contribution in [3.8, 4) is 5.75 Å². The molecule has 11 nitrogen and oxygen atoms in total. The van der Waals surface area contributed by atoms with E-state index < -0.39 is 38.1 Å². The Kier molecular flexibility index (Phi) is 9.16.